The summed E-state index contributed by atoms with van der Waals surface area (Å²) in [4.78, 5) is 0. The Labute approximate surface area is 65.5 Å². The quantitative estimate of drug-likeness (QED) is 0.514. The molecule has 4 heteroatoms. The van der Waals surface area contributed by atoms with Crippen LogP contribution in [0.25, 0.3) is 0 Å². The van der Waals surface area contributed by atoms with Crippen LogP contribution in [0.2, 0.25) is 0 Å². The summed E-state index contributed by atoms with van der Waals surface area (Å²) in [6, 6.07) is 0. The average Bonchev–Trinajstić information content (AvgIpc) is 2.20. The normalized spacial score (nSPS) is 56.2. The molecule has 0 amide bonds. The summed E-state index contributed by atoms with van der Waals surface area (Å²) in [5, 5.41) is 0.121. The fraction of sp³-hybridized carbons (Fsp3) is 1.00. The predicted molar refractivity (Wildman–Crippen MR) is 39.9 cm³/mol. The van der Waals surface area contributed by atoms with E-state index < -0.39 is 9.84 Å². The maximum absolute atomic E-state index is 11.0. The number of alkyl halides is 1. The third-order valence-corrected chi connectivity index (χ3v) is 5.42. The molecule has 2 nitrogen and oxygen atoms in total. The first-order chi connectivity index (χ1) is 4.46. The molecule has 10 heavy (non-hydrogen) atoms. The van der Waals surface area contributed by atoms with Crippen LogP contribution in [-0.4, -0.2) is 25.3 Å². The molecule has 0 aromatic heterocycles. The highest BCUT2D eigenvalue weighted by Gasteiger charge is 2.67. The predicted octanol–water partition coefficient (Wildman–Crippen LogP) is 0.658. The van der Waals surface area contributed by atoms with Crippen molar-refractivity contribution in [3.05, 3.63) is 0 Å². The second-order valence-corrected chi connectivity index (χ2v) is 6.15. The number of rotatable bonds is 0. The van der Waals surface area contributed by atoms with E-state index in [1.165, 1.54) is 0 Å². The lowest BCUT2D eigenvalue weighted by Crippen LogP contribution is -2.13. The van der Waals surface area contributed by atoms with Crippen LogP contribution >= 0.6 is 11.6 Å². The van der Waals surface area contributed by atoms with E-state index in [1.807, 2.05) is 6.92 Å². The number of hydrogen-bond acceptors (Lipinski definition) is 2. The molecule has 0 N–H and O–H groups in total. The number of fused-ring (bicyclic) bond motifs is 1. The zero-order valence-electron chi connectivity index (χ0n) is 5.67. The standard InChI is InChI=1S/C6H9ClO2S/c1-6-3-10(8,9)2-4(6)5(6)7/h4-5H,2-3H2,1H3/t4-,5+,6-/m0/s1. The van der Waals surface area contributed by atoms with Gasteiger partial charge in [0.2, 0.25) is 0 Å². The van der Waals surface area contributed by atoms with Crippen molar-refractivity contribution in [1.29, 1.82) is 0 Å². The van der Waals surface area contributed by atoms with Gasteiger partial charge in [0, 0.05) is 10.8 Å². The first-order valence-corrected chi connectivity index (χ1v) is 5.56. The van der Waals surface area contributed by atoms with Crippen LogP contribution < -0.4 is 0 Å². The second kappa shape index (κ2) is 1.53. The summed E-state index contributed by atoms with van der Waals surface area (Å²) in [5.74, 6) is 0.871. The summed E-state index contributed by atoms with van der Waals surface area (Å²) < 4.78 is 21.9. The van der Waals surface area contributed by atoms with Gasteiger partial charge >= 0.3 is 0 Å². The van der Waals surface area contributed by atoms with Gasteiger partial charge in [0.1, 0.15) is 0 Å². The Morgan fingerprint density at radius 3 is 2.50 bits per heavy atom. The van der Waals surface area contributed by atoms with Gasteiger partial charge in [-0.25, -0.2) is 8.42 Å². The van der Waals surface area contributed by atoms with Crippen molar-refractivity contribution in [2.24, 2.45) is 11.3 Å². The fourth-order valence-corrected chi connectivity index (χ4v) is 5.19. The molecule has 0 bridgehead atoms. The van der Waals surface area contributed by atoms with E-state index in [0.717, 1.165) is 0 Å². The van der Waals surface area contributed by atoms with Gasteiger partial charge in [-0.05, 0) is 5.92 Å². The van der Waals surface area contributed by atoms with Crippen LogP contribution in [0.15, 0.2) is 0 Å². The summed E-state index contributed by atoms with van der Waals surface area (Å²) in [5.41, 5.74) is -0.0691. The van der Waals surface area contributed by atoms with Crippen LogP contribution in [0.5, 0.6) is 0 Å². The summed E-state index contributed by atoms with van der Waals surface area (Å²) in [6.45, 7) is 1.96. The molecule has 0 radical (unpaired) electrons. The van der Waals surface area contributed by atoms with Crippen molar-refractivity contribution in [3.8, 4) is 0 Å². The van der Waals surface area contributed by atoms with Crippen LogP contribution in [0.1, 0.15) is 6.92 Å². The van der Waals surface area contributed by atoms with Crippen LogP contribution in [0, 0.1) is 11.3 Å². The van der Waals surface area contributed by atoms with E-state index in [2.05, 4.69) is 0 Å². The maximum atomic E-state index is 11.0. The lowest BCUT2D eigenvalue weighted by Gasteiger charge is -2.01. The first-order valence-electron chi connectivity index (χ1n) is 3.30. The van der Waals surface area contributed by atoms with E-state index >= 15 is 0 Å². The SMILES string of the molecule is C[C@]12CS(=O)(=O)C[C@H]1[C@H]2Cl. The molecular formula is C6H9ClO2S. The van der Waals surface area contributed by atoms with Crippen LogP contribution in [-0.2, 0) is 9.84 Å². The van der Waals surface area contributed by atoms with Gasteiger partial charge in [0.15, 0.2) is 9.84 Å². The van der Waals surface area contributed by atoms with E-state index in [-0.39, 0.29) is 16.7 Å². The Morgan fingerprint density at radius 1 is 1.60 bits per heavy atom. The molecule has 2 fully saturated rings. The highest BCUT2D eigenvalue weighted by Crippen LogP contribution is 2.61. The molecule has 1 saturated heterocycles. The Bertz CT molecular complexity index is 271. The molecule has 2 rings (SSSR count). The highest BCUT2D eigenvalue weighted by molar-refractivity contribution is 7.91. The minimum atomic E-state index is -2.72. The summed E-state index contributed by atoms with van der Waals surface area (Å²) in [7, 11) is -2.72. The smallest absolute Gasteiger partial charge is 0.151 e. The van der Waals surface area contributed by atoms with Crippen molar-refractivity contribution >= 4 is 21.4 Å². The molecular weight excluding hydrogens is 172 g/mol. The van der Waals surface area contributed by atoms with Gasteiger partial charge in [-0.3, -0.25) is 0 Å². The Balaban J connectivity index is 2.31. The van der Waals surface area contributed by atoms with Crippen molar-refractivity contribution < 1.29 is 8.42 Å². The molecule has 2 aliphatic rings. The number of hydrogen-bond donors (Lipinski definition) is 0. The van der Waals surface area contributed by atoms with Crippen LogP contribution in [0.3, 0.4) is 0 Å². The molecule has 0 spiro atoms. The third-order valence-electron chi connectivity index (χ3n) is 2.69. The Morgan fingerprint density at radius 2 is 2.20 bits per heavy atom. The van der Waals surface area contributed by atoms with Crippen molar-refractivity contribution in [3.63, 3.8) is 0 Å². The molecule has 58 valence electrons. The first kappa shape index (κ1) is 6.92. The van der Waals surface area contributed by atoms with Gasteiger partial charge in [-0.2, -0.15) is 0 Å². The molecule has 0 aromatic rings. The minimum absolute atomic E-state index is 0.0691. The van der Waals surface area contributed by atoms with Gasteiger partial charge in [0.25, 0.3) is 0 Å². The topological polar surface area (TPSA) is 34.1 Å². The van der Waals surface area contributed by atoms with Gasteiger partial charge in [-0.1, -0.05) is 6.92 Å². The molecule has 1 heterocycles. The lowest BCUT2D eigenvalue weighted by atomic mass is 10.1. The molecule has 3 atom stereocenters. The average molecular weight is 181 g/mol. The van der Waals surface area contributed by atoms with E-state index in [0.29, 0.717) is 11.5 Å². The zero-order chi connectivity index (χ0) is 7.57. The lowest BCUT2D eigenvalue weighted by molar-refractivity contribution is 0.584. The van der Waals surface area contributed by atoms with Gasteiger partial charge in [0.05, 0.1) is 11.5 Å². The minimum Gasteiger partial charge on any atom is -0.229 e. The Kier molecular flexibility index (Phi) is 1.06. The Hall–Kier alpha value is 0.240. The summed E-state index contributed by atoms with van der Waals surface area (Å²) >= 11 is 5.86. The number of sulfone groups is 1. The molecule has 1 aliphatic heterocycles. The van der Waals surface area contributed by atoms with Crippen molar-refractivity contribution in [2.45, 2.75) is 12.3 Å². The van der Waals surface area contributed by atoms with E-state index in [9.17, 15) is 8.42 Å². The summed E-state index contributed by atoms with van der Waals surface area (Å²) in [6.07, 6.45) is 0. The van der Waals surface area contributed by atoms with Crippen LogP contribution in [0.4, 0.5) is 0 Å². The monoisotopic (exact) mass is 180 g/mol. The number of halogens is 1. The van der Waals surface area contributed by atoms with E-state index in [1.54, 1.807) is 0 Å². The molecule has 0 aromatic carbocycles. The van der Waals surface area contributed by atoms with Gasteiger partial charge < -0.3 is 0 Å². The van der Waals surface area contributed by atoms with Crippen molar-refractivity contribution in [2.75, 3.05) is 11.5 Å². The third kappa shape index (κ3) is 0.678. The largest absolute Gasteiger partial charge is 0.229 e. The highest BCUT2D eigenvalue weighted by atomic mass is 35.5. The maximum Gasteiger partial charge on any atom is 0.151 e. The fourth-order valence-electron chi connectivity index (χ4n) is 1.87. The van der Waals surface area contributed by atoms with Gasteiger partial charge in [-0.15, -0.1) is 11.6 Å². The zero-order valence-corrected chi connectivity index (χ0v) is 7.24. The van der Waals surface area contributed by atoms with E-state index in [4.69, 9.17) is 11.6 Å². The molecule has 1 aliphatic carbocycles. The molecule has 0 unspecified atom stereocenters. The van der Waals surface area contributed by atoms with Crippen molar-refractivity contribution in [1.82, 2.24) is 0 Å². The second-order valence-electron chi connectivity index (χ2n) is 3.57. The molecule has 1 saturated carbocycles.